The summed E-state index contributed by atoms with van der Waals surface area (Å²) in [4.78, 5) is 27.1. The van der Waals surface area contributed by atoms with Gasteiger partial charge in [-0.2, -0.15) is 0 Å². The Morgan fingerprint density at radius 1 is 0.967 bits per heavy atom. The topological polar surface area (TPSA) is 67.9 Å². The van der Waals surface area contributed by atoms with Gasteiger partial charge in [-0.3, -0.25) is 9.59 Å². The molecule has 0 spiro atoms. The lowest BCUT2D eigenvalue weighted by Gasteiger charge is -2.29. The van der Waals surface area contributed by atoms with Crippen LogP contribution in [0.2, 0.25) is 0 Å². The Kier molecular flexibility index (Phi) is 9.19. The van der Waals surface area contributed by atoms with E-state index in [0.29, 0.717) is 26.0 Å². The minimum atomic E-state index is -0.553. The van der Waals surface area contributed by atoms with Crippen molar-refractivity contribution in [3.63, 3.8) is 0 Å². The Hall–Kier alpha value is -3.02. The maximum absolute atomic E-state index is 12.9. The lowest BCUT2D eigenvalue weighted by Crippen LogP contribution is -2.49. The Balaban J connectivity index is 1.94. The standard InChI is InChI=1S/C24H32N2O4/c1-18(2)25-24(28)19(3)26(17-20-9-6-5-7-10-20)23(27)11-8-16-30-22-14-12-21(29-4)13-15-22/h5-7,9-10,12-15,18-19H,8,11,16-17H2,1-4H3,(H,25,28)/t19-/m1/s1. The highest BCUT2D eigenvalue weighted by Gasteiger charge is 2.26. The van der Waals surface area contributed by atoms with Crippen LogP contribution in [-0.2, 0) is 16.1 Å². The van der Waals surface area contributed by atoms with Crippen LogP contribution in [0.1, 0.15) is 39.2 Å². The molecule has 0 saturated carbocycles. The molecule has 6 nitrogen and oxygen atoms in total. The first-order chi connectivity index (χ1) is 14.4. The van der Waals surface area contributed by atoms with Crippen LogP contribution in [-0.4, -0.2) is 42.5 Å². The number of carbonyl (C=O) groups is 2. The summed E-state index contributed by atoms with van der Waals surface area (Å²) < 4.78 is 10.8. The van der Waals surface area contributed by atoms with Gasteiger partial charge in [0.2, 0.25) is 11.8 Å². The van der Waals surface area contributed by atoms with Crippen molar-refractivity contribution in [2.75, 3.05) is 13.7 Å². The second-order valence-corrected chi connectivity index (χ2v) is 7.47. The van der Waals surface area contributed by atoms with Crippen molar-refractivity contribution in [3.05, 3.63) is 60.2 Å². The van der Waals surface area contributed by atoms with Crippen LogP contribution in [0.4, 0.5) is 0 Å². The molecule has 2 aromatic carbocycles. The van der Waals surface area contributed by atoms with Crippen molar-refractivity contribution >= 4 is 11.8 Å². The van der Waals surface area contributed by atoms with Crippen molar-refractivity contribution in [1.82, 2.24) is 10.2 Å². The highest BCUT2D eigenvalue weighted by molar-refractivity contribution is 5.87. The Morgan fingerprint density at radius 2 is 1.60 bits per heavy atom. The summed E-state index contributed by atoms with van der Waals surface area (Å²) in [5, 5.41) is 2.89. The summed E-state index contributed by atoms with van der Waals surface area (Å²) in [6, 6.07) is 16.5. The van der Waals surface area contributed by atoms with Crippen LogP contribution in [0.15, 0.2) is 54.6 Å². The number of nitrogens with zero attached hydrogens (tertiary/aromatic N) is 1. The molecule has 2 aromatic rings. The molecule has 0 aliphatic rings. The quantitative estimate of drug-likeness (QED) is 0.570. The normalized spacial score (nSPS) is 11.6. The van der Waals surface area contributed by atoms with E-state index in [-0.39, 0.29) is 17.9 Å². The van der Waals surface area contributed by atoms with E-state index in [0.717, 1.165) is 17.1 Å². The van der Waals surface area contributed by atoms with Crippen molar-refractivity contribution in [1.29, 1.82) is 0 Å². The van der Waals surface area contributed by atoms with E-state index in [9.17, 15) is 9.59 Å². The van der Waals surface area contributed by atoms with Gasteiger partial charge < -0.3 is 19.7 Å². The molecule has 1 atom stereocenters. The molecule has 2 rings (SSSR count). The fourth-order valence-electron chi connectivity index (χ4n) is 3.00. The van der Waals surface area contributed by atoms with Crippen LogP contribution in [0.5, 0.6) is 11.5 Å². The van der Waals surface area contributed by atoms with Gasteiger partial charge in [-0.1, -0.05) is 30.3 Å². The molecule has 30 heavy (non-hydrogen) atoms. The number of hydrogen-bond acceptors (Lipinski definition) is 4. The van der Waals surface area contributed by atoms with E-state index in [4.69, 9.17) is 9.47 Å². The number of methoxy groups -OCH3 is 1. The van der Waals surface area contributed by atoms with Gasteiger partial charge in [-0.05, 0) is 57.0 Å². The zero-order valence-electron chi connectivity index (χ0n) is 18.3. The van der Waals surface area contributed by atoms with Gasteiger partial charge in [-0.25, -0.2) is 0 Å². The summed E-state index contributed by atoms with van der Waals surface area (Å²) in [6.07, 6.45) is 0.872. The monoisotopic (exact) mass is 412 g/mol. The fraction of sp³-hybridized carbons (Fsp3) is 0.417. The Morgan fingerprint density at radius 3 is 2.20 bits per heavy atom. The van der Waals surface area contributed by atoms with E-state index in [1.165, 1.54) is 0 Å². The predicted octanol–water partition coefficient (Wildman–Crippen LogP) is 3.80. The first-order valence-electron chi connectivity index (χ1n) is 10.3. The van der Waals surface area contributed by atoms with Gasteiger partial charge >= 0.3 is 0 Å². The lowest BCUT2D eigenvalue weighted by atomic mass is 10.1. The van der Waals surface area contributed by atoms with Crippen LogP contribution < -0.4 is 14.8 Å². The van der Waals surface area contributed by atoms with Crippen LogP contribution in [0.25, 0.3) is 0 Å². The predicted molar refractivity (Wildman–Crippen MR) is 117 cm³/mol. The molecule has 0 aromatic heterocycles. The Bertz CT molecular complexity index is 791. The third-order valence-electron chi connectivity index (χ3n) is 4.66. The number of ether oxygens (including phenoxy) is 2. The van der Waals surface area contributed by atoms with Crippen molar-refractivity contribution < 1.29 is 19.1 Å². The van der Waals surface area contributed by atoms with Gasteiger partial charge in [0.25, 0.3) is 0 Å². The number of amides is 2. The van der Waals surface area contributed by atoms with Crippen molar-refractivity contribution in [2.24, 2.45) is 0 Å². The first kappa shape index (κ1) is 23.3. The first-order valence-corrected chi connectivity index (χ1v) is 10.3. The van der Waals surface area contributed by atoms with Crippen molar-refractivity contribution in [3.8, 4) is 11.5 Å². The molecule has 0 heterocycles. The second kappa shape index (κ2) is 11.9. The maximum atomic E-state index is 12.9. The molecule has 0 unspecified atom stereocenters. The molecule has 6 heteroatoms. The van der Waals surface area contributed by atoms with Gasteiger partial charge in [-0.15, -0.1) is 0 Å². The molecule has 0 aliphatic carbocycles. The molecule has 0 fully saturated rings. The fourth-order valence-corrected chi connectivity index (χ4v) is 3.00. The minimum Gasteiger partial charge on any atom is -0.497 e. The lowest BCUT2D eigenvalue weighted by molar-refractivity contribution is -0.141. The van der Waals surface area contributed by atoms with E-state index in [2.05, 4.69) is 5.32 Å². The average molecular weight is 413 g/mol. The van der Waals surface area contributed by atoms with Crippen LogP contribution >= 0.6 is 0 Å². The number of hydrogen-bond donors (Lipinski definition) is 1. The highest BCUT2D eigenvalue weighted by atomic mass is 16.5. The average Bonchev–Trinajstić information content (AvgIpc) is 2.75. The second-order valence-electron chi connectivity index (χ2n) is 7.47. The molecule has 0 radical (unpaired) electrons. The molecule has 1 N–H and O–H groups in total. The smallest absolute Gasteiger partial charge is 0.242 e. The maximum Gasteiger partial charge on any atom is 0.242 e. The van der Waals surface area contributed by atoms with E-state index in [1.54, 1.807) is 18.9 Å². The zero-order valence-corrected chi connectivity index (χ0v) is 18.3. The summed E-state index contributed by atoms with van der Waals surface area (Å²) in [6.45, 7) is 6.40. The summed E-state index contributed by atoms with van der Waals surface area (Å²) in [7, 11) is 1.62. The summed E-state index contributed by atoms with van der Waals surface area (Å²) in [5.74, 6) is 1.28. The number of rotatable bonds is 11. The minimum absolute atomic E-state index is 0.0199. The molecule has 0 saturated heterocycles. The largest absolute Gasteiger partial charge is 0.497 e. The molecular formula is C24H32N2O4. The summed E-state index contributed by atoms with van der Waals surface area (Å²) >= 11 is 0. The van der Waals surface area contributed by atoms with Crippen molar-refractivity contribution in [2.45, 2.75) is 52.2 Å². The van der Waals surface area contributed by atoms with E-state index >= 15 is 0 Å². The number of nitrogens with one attached hydrogen (secondary N) is 1. The third kappa shape index (κ3) is 7.43. The molecule has 0 bridgehead atoms. The number of benzene rings is 2. The molecule has 0 aliphatic heterocycles. The SMILES string of the molecule is COc1ccc(OCCCC(=O)N(Cc2ccccc2)[C@H](C)C(=O)NC(C)C)cc1. The van der Waals surface area contributed by atoms with E-state index in [1.807, 2.05) is 68.4 Å². The highest BCUT2D eigenvalue weighted by Crippen LogP contribution is 2.17. The molecular weight excluding hydrogens is 380 g/mol. The van der Waals surface area contributed by atoms with Crippen LogP contribution in [0.3, 0.4) is 0 Å². The van der Waals surface area contributed by atoms with Gasteiger partial charge in [0.1, 0.15) is 17.5 Å². The summed E-state index contributed by atoms with van der Waals surface area (Å²) in [5.41, 5.74) is 0.990. The van der Waals surface area contributed by atoms with Crippen LogP contribution in [0, 0.1) is 0 Å². The molecule has 162 valence electrons. The van der Waals surface area contributed by atoms with Gasteiger partial charge in [0.15, 0.2) is 0 Å². The van der Waals surface area contributed by atoms with Gasteiger partial charge in [0, 0.05) is 19.0 Å². The van der Waals surface area contributed by atoms with Gasteiger partial charge in [0.05, 0.1) is 13.7 Å². The Labute approximate surface area is 179 Å². The number of carbonyl (C=O) groups excluding carboxylic acids is 2. The zero-order chi connectivity index (χ0) is 21.9. The third-order valence-corrected chi connectivity index (χ3v) is 4.66. The molecule has 2 amide bonds. The van der Waals surface area contributed by atoms with E-state index < -0.39 is 6.04 Å².